The second kappa shape index (κ2) is 6.33. The first-order chi connectivity index (χ1) is 7.11. The van der Waals surface area contributed by atoms with Gasteiger partial charge in [0.05, 0.1) is 9.50 Å². The van der Waals surface area contributed by atoms with E-state index in [4.69, 9.17) is 4.74 Å². The van der Waals surface area contributed by atoms with Crippen LogP contribution in [0.3, 0.4) is 0 Å². The molecule has 0 aromatic heterocycles. The summed E-state index contributed by atoms with van der Waals surface area (Å²) in [5.74, 6) is 0.923. The highest BCUT2D eigenvalue weighted by molar-refractivity contribution is 9.28. The molecule has 0 aliphatic heterocycles. The van der Waals surface area contributed by atoms with Gasteiger partial charge < -0.3 is 4.74 Å². The summed E-state index contributed by atoms with van der Waals surface area (Å²) >= 11 is 6.66. The monoisotopic (exact) mass is 332 g/mol. The summed E-state index contributed by atoms with van der Waals surface area (Å²) < 4.78 is 6.62. The van der Waals surface area contributed by atoms with E-state index in [0.29, 0.717) is 0 Å². The van der Waals surface area contributed by atoms with Crippen LogP contribution in [-0.4, -0.2) is 6.10 Å². The van der Waals surface area contributed by atoms with Crippen LogP contribution in [0, 0.1) is 0 Å². The standard InChI is InChI=1S/C12H14Br2O/c1-3-9(2)15-11-6-4-10(5-7-11)8-12(13)14/h4-9H,3H2,1-2H3. The zero-order valence-corrected chi connectivity index (χ0v) is 12.0. The Morgan fingerprint density at radius 2 is 1.93 bits per heavy atom. The van der Waals surface area contributed by atoms with Crippen LogP contribution >= 0.6 is 31.9 Å². The molecule has 1 aromatic rings. The molecule has 0 heterocycles. The van der Waals surface area contributed by atoms with Crippen LogP contribution in [0.2, 0.25) is 0 Å². The lowest BCUT2D eigenvalue weighted by atomic mass is 10.2. The van der Waals surface area contributed by atoms with Crippen molar-refractivity contribution in [3.05, 3.63) is 33.2 Å². The average Bonchev–Trinajstić information content (AvgIpc) is 2.20. The molecule has 1 atom stereocenters. The van der Waals surface area contributed by atoms with Crippen LogP contribution in [-0.2, 0) is 0 Å². The highest BCUT2D eigenvalue weighted by Crippen LogP contribution is 2.20. The van der Waals surface area contributed by atoms with E-state index in [1.165, 1.54) is 0 Å². The number of rotatable bonds is 4. The normalized spacial score (nSPS) is 12.0. The fraction of sp³-hybridized carbons (Fsp3) is 0.333. The van der Waals surface area contributed by atoms with Gasteiger partial charge in [0.25, 0.3) is 0 Å². The minimum atomic E-state index is 0.273. The van der Waals surface area contributed by atoms with Gasteiger partial charge in [-0.05, 0) is 69.0 Å². The summed E-state index contributed by atoms with van der Waals surface area (Å²) in [4.78, 5) is 0. The van der Waals surface area contributed by atoms with E-state index < -0.39 is 0 Å². The molecule has 1 unspecified atom stereocenters. The number of hydrogen-bond donors (Lipinski definition) is 0. The van der Waals surface area contributed by atoms with Gasteiger partial charge in [0.2, 0.25) is 0 Å². The molecule has 1 nitrogen and oxygen atoms in total. The molecule has 0 fully saturated rings. The Labute approximate surface area is 108 Å². The van der Waals surface area contributed by atoms with Crippen molar-refractivity contribution in [2.75, 3.05) is 0 Å². The van der Waals surface area contributed by atoms with Crippen LogP contribution < -0.4 is 4.74 Å². The number of ether oxygens (including phenoxy) is 1. The van der Waals surface area contributed by atoms with Gasteiger partial charge in [-0.1, -0.05) is 19.1 Å². The maximum atomic E-state index is 5.68. The van der Waals surface area contributed by atoms with Crippen molar-refractivity contribution < 1.29 is 4.74 Å². The predicted molar refractivity (Wildman–Crippen MR) is 72.7 cm³/mol. The first-order valence-corrected chi connectivity index (χ1v) is 6.50. The van der Waals surface area contributed by atoms with Crippen molar-refractivity contribution >= 4 is 37.9 Å². The molecule has 0 aliphatic carbocycles. The van der Waals surface area contributed by atoms with Crippen LogP contribution in [0.25, 0.3) is 6.08 Å². The van der Waals surface area contributed by atoms with E-state index in [2.05, 4.69) is 45.7 Å². The highest BCUT2D eigenvalue weighted by Gasteiger charge is 2.00. The quantitative estimate of drug-likeness (QED) is 0.757. The summed E-state index contributed by atoms with van der Waals surface area (Å²) in [5.41, 5.74) is 1.13. The van der Waals surface area contributed by atoms with Crippen molar-refractivity contribution in [1.82, 2.24) is 0 Å². The van der Waals surface area contributed by atoms with Gasteiger partial charge in [0.15, 0.2) is 0 Å². The zero-order chi connectivity index (χ0) is 11.3. The van der Waals surface area contributed by atoms with Gasteiger partial charge in [-0.25, -0.2) is 0 Å². The van der Waals surface area contributed by atoms with E-state index in [1.54, 1.807) is 0 Å². The Balaban J connectivity index is 2.68. The number of benzene rings is 1. The Kier molecular flexibility index (Phi) is 5.40. The summed E-state index contributed by atoms with van der Waals surface area (Å²) in [6, 6.07) is 8.03. The molecule has 0 aliphatic rings. The maximum Gasteiger partial charge on any atom is 0.119 e. The third kappa shape index (κ3) is 4.85. The Hall–Kier alpha value is -0.280. The molecule has 0 saturated heterocycles. The molecule has 0 bridgehead atoms. The van der Waals surface area contributed by atoms with Crippen LogP contribution in [0.4, 0.5) is 0 Å². The van der Waals surface area contributed by atoms with E-state index >= 15 is 0 Å². The lowest BCUT2D eigenvalue weighted by Crippen LogP contribution is -2.09. The molecule has 0 amide bonds. The van der Waals surface area contributed by atoms with E-state index in [0.717, 1.165) is 21.1 Å². The molecule has 1 rings (SSSR count). The van der Waals surface area contributed by atoms with Crippen molar-refractivity contribution in [1.29, 1.82) is 0 Å². The Morgan fingerprint density at radius 3 is 2.40 bits per heavy atom. The molecule has 0 saturated carbocycles. The smallest absolute Gasteiger partial charge is 0.119 e. The molecule has 82 valence electrons. The second-order valence-electron chi connectivity index (χ2n) is 3.34. The summed E-state index contributed by atoms with van der Waals surface area (Å²) in [5, 5.41) is 0. The molecule has 15 heavy (non-hydrogen) atoms. The molecule has 0 spiro atoms. The first-order valence-electron chi connectivity index (χ1n) is 4.91. The van der Waals surface area contributed by atoms with Crippen molar-refractivity contribution in [3.63, 3.8) is 0 Å². The Morgan fingerprint density at radius 1 is 1.33 bits per heavy atom. The molecule has 0 radical (unpaired) electrons. The topological polar surface area (TPSA) is 9.23 Å². The first kappa shape index (κ1) is 12.8. The zero-order valence-electron chi connectivity index (χ0n) is 8.84. The highest BCUT2D eigenvalue weighted by atomic mass is 79.9. The number of hydrogen-bond acceptors (Lipinski definition) is 1. The molecule has 0 N–H and O–H groups in total. The summed E-state index contributed by atoms with van der Waals surface area (Å²) in [6.07, 6.45) is 3.29. The van der Waals surface area contributed by atoms with Gasteiger partial charge in [0, 0.05) is 0 Å². The minimum absolute atomic E-state index is 0.273. The van der Waals surface area contributed by atoms with E-state index in [9.17, 15) is 0 Å². The van der Waals surface area contributed by atoms with Gasteiger partial charge in [-0.15, -0.1) is 0 Å². The average molecular weight is 334 g/mol. The fourth-order valence-corrected chi connectivity index (χ4v) is 1.61. The predicted octanol–water partition coefficient (Wildman–Crippen LogP) is 4.95. The number of halogens is 2. The molecular weight excluding hydrogens is 320 g/mol. The second-order valence-corrected chi connectivity index (χ2v) is 6.11. The van der Waals surface area contributed by atoms with Gasteiger partial charge in [-0.2, -0.15) is 0 Å². The van der Waals surface area contributed by atoms with Crippen LogP contribution in [0.5, 0.6) is 5.75 Å². The minimum Gasteiger partial charge on any atom is -0.491 e. The lowest BCUT2D eigenvalue weighted by molar-refractivity contribution is 0.217. The van der Waals surface area contributed by atoms with Gasteiger partial charge in [0.1, 0.15) is 5.75 Å². The van der Waals surface area contributed by atoms with Gasteiger partial charge in [-0.3, -0.25) is 0 Å². The molecule has 3 heteroatoms. The van der Waals surface area contributed by atoms with Crippen molar-refractivity contribution in [2.45, 2.75) is 26.4 Å². The van der Waals surface area contributed by atoms with Gasteiger partial charge >= 0.3 is 0 Å². The van der Waals surface area contributed by atoms with Crippen LogP contribution in [0.15, 0.2) is 27.7 Å². The molecule has 1 aromatic carbocycles. The fourth-order valence-electron chi connectivity index (χ4n) is 1.08. The third-order valence-electron chi connectivity index (χ3n) is 2.07. The summed E-state index contributed by atoms with van der Waals surface area (Å²) in [7, 11) is 0. The lowest BCUT2D eigenvalue weighted by Gasteiger charge is -2.12. The maximum absolute atomic E-state index is 5.68. The van der Waals surface area contributed by atoms with Crippen molar-refractivity contribution in [3.8, 4) is 5.75 Å². The molecular formula is C12H14Br2O. The van der Waals surface area contributed by atoms with Crippen LogP contribution in [0.1, 0.15) is 25.8 Å². The third-order valence-corrected chi connectivity index (χ3v) is 2.53. The van der Waals surface area contributed by atoms with E-state index in [1.807, 2.05) is 30.3 Å². The van der Waals surface area contributed by atoms with Crippen molar-refractivity contribution in [2.24, 2.45) is 0 Å². The largest absolute Gasteiger partial charge is 0.491 e. The Bertz CT molecular complexity index is 326. The van der Waals surface area contributed by atoms with E-state index in [-0.39, 0.29) is 6.10 Å². The SMILES string of the molecule is CCC(C)Oc1ccc(C=C(Br)Br)cc1. The summed E-state index contributed by atoms with van der Waals surface area (Å²) in [6.45, 7) is 4.19.